The van der Waals surface area contributed by atoms with Crippen LogP contribution in [0.1, 0.15) is 24.0 Å². The first-order chi connectivity index (χ1) is 15.7. The molecular formula is C27H40N4O. The number of ether oxygens (including phenoxy) is 1. The van der Waals surface area contributed by atoms with Gasteiger partial charge in [-0.25, -0.2) is 0 Å². The highest BCUT2D eigenvalue weighted by molar-refractivity contribution is 5.33. The van der Waals surface area contributed by atoms with Crippen molar-refractivity contribution in [3.05, 3.63) is 65.7 Å². The molecule has 0 N–H and O–H groups in total. The Hall–Kier alpha value is -1.92. The highest BCUT2D eigenvalue weighted by atomic mass is 16.5. The minimum Gasteiger partial charge on any atom is -0.496 e. The van der Waals surface area contributed by atoms with Gasteiger partial charge in [-0.1, -0.05) is 48.5 Å². The molecule has 4 rings (SSSR count). The Kier molecular flexibility index (Phi) is 8.57. The molecule has 0 radical (unpaired) electrons. The lowest BCUT2D eigenvalue weighted by Crippen LogP contribution is -2.49. The molecule has 0 aliphatic carbocycles. The summed E-state index contributed by atoms with van der Waals surface area (Å²) in [7, 11) is 4.05. The van der Waals surface area contributed by atoms with Gasteiger partial charge in [0.05, 0.1) is 7.11 Å². The molecule has 0 aromatic heterocycles. The van der Waals surface area contributed by atoms with Gasteiger partial charge in [-0.2, -0.15) is 0 Å². The maximum absolute atomic E-state index is 5.52. The fraction of sp³-hybridized carbons (Fsp3) is 0.556. The Morgan fingerprint density at radius 3 is 2.06 bits per heavy atom. The Balaban J connectivity index is 1.12. The fourth-order valence-electron chi connectivity index (χ4n) is 5.11. The Labute approximate surface area is 194 Å². The van der Waals surface area contributed by atoms with Gasteiger partial charge < -0.3 is 9.64 Å². The number of hydrogen-bond acceptors (Lipinski definition) is 5. The van der Waals surface area contributed by atoms with Gasteiger partial charge in [0.1, 0.15) is 5.75 Å². The van der Waals surface area contributed by atoms with Crippen LogP contribution in [-0.2, 0) is 13.1 Å². The van der Waals surface area contributed by atoms with Crippen LogP contribution in [0.4, 0.5) is 0 Å². The smallest absolute Gasteiger partial charge is 0.123 e. The second kappa shape index (κ2) is 11.8. The van der Waals surface area contributed by atoms with Crippen LogP contribution >= 0.6 is 0 Å². The summed E-state index contributed by atoms with van der Waals surface area (Å²) in [5.41, 5.74) is 2.71. The molecule has 0 saturated carbocycles. The Morgan fingerprint density at radius 2 is 1.38 bits per heavy atom. The van der Waals surface area contributed by atoms with Crippen LogP contribution in [-0.4, -0.2) is 92.2 Å². The third-order valence-corrected chi connectivity index (χ3v) is 7.24. The summed E-state index contributed by atoms with van der Waals surface area (Å²) in [6.07, 6.45) is 2.58. The van der Waals surface area contributed by atoms with Crippen LogP contribution < -0.4 is 4.74 Å². The first-order valence-corrected chi connectivity index (χ1v) is 12.2. The predicted molar refractivity (Wildman–Crippen MR) is 132 cm³/mol. The lowest BCUT2D eigenvalue weighted by Gasteiger charge is -2.39. The summed E-state index contributed by atoms with van der Waals surface area (Å²) in [6, 6.07) is 20.0. The lowest BCUT2D eigenvalue weighted by molar-refractivity contribution is 0.0910. The van der Waals surface area contributed by atoms with Crippen molar-refractivity contribution in [2.45, 2.75) is 32.0 Å². The van der Waals surface area contributed by atoms with Gasteiger partial charge in [-0.15, -0.1) is 0 Å². The van der Waals surface area contributed by atoms with Gasteiger partial charge in [0.2, 0.25) is 0 Å². The van der Waals surface area contributed by atoms with Crippen molar-refractivity contribution < 1.29 is 4.74 Å². The van der Waals surface area contributed by atoms with Crippen molar-refractivity contribution in [3.63, 3.8) is 0 Å². The molecule has 2 aromatic rings. The first kappa shape index (κ1) is 23.2. The number of piperidine rings is 1. The van der Waals surface area contributed by atoms with Crippen molar-refractivity contribution in [1.29, 1.82) is 0 Å². The Morgan fingerprint density at radius 1 is 0.781 bits per heavy atom. The third kappa shape index (κ3) is 6.55. The molecule has 32 heavy (non-hydrogen) atoms. The minimum absolute atomic E-state index is 0.713. The minimum atomic E-state index is 0.713. The Bertz CT molecular complexity index is 798. The average molecular weight is 437 g/mol. The zero-order valence-corrected chi connectivity index (χ0v) is 20.0. The number of benzene rings is 2. The van der Waals surface area contributed by atoms with E-state index in [-0.39, 0.29) is 0 Å². The van der Waals surface area contributed by atoms with Crippen molar-refractivity contribution in [2.24, 2.45) is 0 Å². The molecule has 0 bridgehead atoms. The van der Waals surface area contributed by atoms with Crippen LogP contribution in [0.25, 0.3) is 0 Å². The van der Waals surface area contributed by atoms with Gasteiger partial charge in [0.15, 0.2) is 0 Å². The van der Waals surface area contributed by atoms with E-state index in [1.54, 1.807) is 7.11 Å². The maximum Gasteiger partial charge on any atom is 0.123 e. The first-order valence-electron chi connectivity index (χ1n) is 12.2. The zero-order chi connectivity index (χ0) is 22.2. The molecule has 0 unspecified atom stereocenters. The van der Waals surface area contributed by atoms with E-state index in [2.05, 4.69) is 75.2 Å². The highest BCUT2D eigenvalue weighted by Gasteiger charge is 2.24. The molecule has 2 aliphatic rings. The van der Waals surface area contributed by atoms with Crippen molar-refractivity contribution in [2.75, 3.05) is 66.5 Å². The monoisotopic (exact) mass is 436 g/mol. The molecule has 2 fully saturated rings. The normalized spacial score (nSPS) is 19.5. The average Bonchev–Trinajstić information content (AvgIpc) is 2.85. The number of piperazine rings is 1. The van der Waals surface area contributed by atoms with E-state index in [9.17, 15) is 0 Å². The summed E-state index contributed by atoms with van der Waals surface area (Å²) in [4.78, 5) is 10.4. The van der Waals surface area contributed by atoms with Gasteiger partial charge in [-0.05, 0) is 44.6 Å². The van der Waals surface area contributed by atoms with E-state index in [1.807, 2.05) is 6.07 Å². The van der Waals surface area contributed by atoms with Crippen LogP contribution in [0.5, 0.6) is 5.75 Å². The second-order valence-corrected chi connectivity index (χ2v) is 9.40. The van der Waals surface area contributed by atoms with E-state index < -0.39 is 0 Å². The lowest BCUT2D eigenvalue weighted by atomic mass is 10.0. The molecule has 2 aromatic carbocycles. The van der Waals surface area contributed by atoms with Crippen LogP contribution in [0.2, 0.25) is 0 Å². The highest BCUT2D eigenvalue weighted by Crippen LogP contribution is 2.20. The molecule has 5 heteroatoms. The van der Waals surface area contributed by atoms with Crippen molar-refractivity contribution in [1.82, 2.24) is 19.6 Å². The summed E-state index contributed by atoms with van der Waals surface area (Å²) < 4.78 is 5.52. The van der Waals surface area contributed by atoms with E-state index in [0.717, 1.165) is 31.9 Å². The van der Waals surface area contributed by atoms with Gasteiger partial charge in [0, 0.05) is 64.0 Å². The number of methoxy groups -OCH3 is 1. The van der Waals surface area contributed by atoms with E-state index in [1.165, 1.54) is 63.2 Å². The molecule has 2 saturated heterocycles. The van der Waals surface area contributed by atoms with Gasteiger partial charge >= 0.3 is 0 Å². The topological polar surface area (TPSA) is 22.2 Å². The summed E-state index contributed by atoms with van der Waals surface area (Å²) >= 11 is 0. The molecule has 0 spiro atoms. The maximum atomic E-state index is 5.52. The third-order valence-electron chi connectivity index (χ3n) is 7.24. The van der Waals surface area contributed by atoms with Crippen molar-refractivity contribution in [3.8, 4) is 5.75 Å². The fourth-order valence-corrected chi connectivity index (χ4v) is 5.11. The molecule has 2 heterocycles. The molecule has 2 aliphatic heterocycles. The molecule has 0 atom stereocenters. The number of rotatable bonds is 9. The number of hydrogen-bond donors (Lipinski definition) is 0. The number of para-hydroxylation sites is 1. The largest absolute Gasteiger partial charge is 0.496 e. The molecule has 5 nitrogen and oxygen atoms in total. The van der Waals surface area contributed by atoms with Crippen molar-refractivity contribution >= 4 is 0 Å². The summed E-state index contributed by atoms with van der Waals surface area (Å²) in [5.74, 6) is 1.01. The standard InChI is InChI=1S/C27H40N4O/c1-28(22-24-8-4-3-5-9-24)26-12-14-29(15-13-26)16-17-30-18-20-31(21-19-30)23-25-10-6-7-11-27(25)32-2/h3-11,26H,12-23H2,1-2H3. The van der Waals surface area contributed by atoms with E-state index in [0.29, 0.717) is 6.04 Å². The predicted octanol–water partition coefficient (Wildman–Crippen LogP) is 3.41. The second-order valence-electron chi connectivity index (χ2n) is 9.40. The van der Waals surface area contributed by atoms with Crippen LogP contribution in [0.15, 0.2) is 54.6 Å². The SMILES string of the molecule is COc1ccccc1CN1CCN(CCN2CCC(N(C)Cc3ccccc3)CC2)CC1. The molecular weight excluding hydrogens is 396 g/mol. The van der Waals surface area contributed by atoms with Gasteiger partial charge in [-0.3, -0.25) is 14.7 Å². The number of likely N-dealkylation sites (tertiary alicyclic amines) is 1. The molecule has 0 amide bonds. The summed E-state index contributed by atoms with van der Waals surface area (Å²) in [6.45, 7) is 11.6. The van der Waals surface area contributed by atoms with Crippen LogP contribution in [0.3, 0.4) is 0 Å². The summed E-state index contributed by atoms with van der Waals surface area (Å²) in [5, 5.41) is 0. The number of nitrogens with zero attached hydrogens (tertiary/aromatic N) is 4. The van der Waals surface area contributed by atoms with Crippen LogP contribution in [0, 0.1) is 0 Å². The van der Waals surface area contributed by atoms with E-state index in [4.69, 9.17) is 4.74 Å². The molecule has 174 valence electrons. The van der Waals surface area contributed by atoms with E-state index >= 15 is 0 Å². The quantitative estimate of drug-likeness (QED) is 0.599. The van der Waals surface area contributed by atoms with Gasteiger partial charge in [0.25, 0.3) is 0 Å². The zero-order valence-electron chi connectivity index (χ0n) is 20.0.